The van der Waals surface area contributed by atoms with Crippen molar-refractivity contribution in [3.8, 4) is 0 Å². The van der Waals surface area contributed by atoms with Crippen LogP contribution in [0.5, 0.6) is 0 Å². The normalized spacial score (nSPS) is 25.4. The minimum Gasteiger partial charge on any atom is -0.319 e. The molecule has 0 spiro atoms. The molecule has 15 heavy (non-hydrogen) atoms. The van der Waals surface area contributed by atoms with E-state index in [9.17, 15) is 0 Å². The van der Waals surface area contributed by atoms with Gasteiger partial charge < -0.3 is 10.6 Å². The van der Waals surface area contributed by atoms with Crippen molar-refractivity contribution in [2.75, 3.05) is 26.7 Å². The van der Waals surface area contributed by atoms with E-state index in [0.717, 1.165) is 5.92 Å². The highest BCUT2D eigenvalue weighted by Crippen LogP contribution is 2.39. The van der Waals surface area contributed by atoms with E-state index in [2.05, 4.69) is 17.7 Å². The Morgan fingerprint density at radius 2 is 1.80 bits per heavy atom. The molecule has 2 N–H and O–H groups in total. The molecule has 2 nitrogen and oxygen atoms in total. The van der Waals surface area contributed by atoms with Crippen LogP contribution in [0.4, 0.5) is 0 Å². The lowest BCUT2D eigenvalue weighted by molar-refractivity contribution is 0.128. The second kappa shape index (κ2) is 5.31. The van der Waals surface area contributed by atoms with Crippen LogP contribution in [0.1, 0.15) is 44.9 Å². The Morgan fingerprint density at radius 3 is 2.33 bits per heavy atom. The fraction of sp³-hybridized carbons (Fsp3) is 1.00. The van der Waals surface area contributed by atoms with Gasteiger partial charge in [0.25, 0.3) is 0 Å². The second-order valence-electron chi connectivity index (χ2n) is 5.67. The first kappa shape index (κ1) is 11.4. The number of rotatable bonds is 6. The Morgan fingerprint density at radius 1 is 1.07 bits per heavy atom. The van der Waals surface area contributed by atoms with Gasteiger partial charge in [0.1, 0.15) is 0 Å². The highest BCUT2D eigenvalue weighted by atomic mass is 14.9. The Labute approximate surface area is 94.2 Å². The molecule has 0 aliphatic heterocycles. The third kappa shape index (κ3) is 2.94. The van der Waals surface area contributed by atoms with E-state index in [-0.39, 0.29) is 0 Å². The quantitative estimate of drug-likeness (QED) is 0.702. The second-order valence-corrected chi connectivity index (χ2v) is 5.67. The monoisotopic (exact) mass is 210 g/mol. The molecule has 2 fully saturated rings. The molecule has 2 aliphatic carbocycles. The molecule has 2 heteroatoms. The van der Waals surface area contributed by atoms with Crippen LogP contribution < -0.4 is 10.6 Å². The van der Waals surface area contributed by atoms with Gasteiger partial charge in [0.15, 0.2) is 0 Å². The summed E-state index contributed by atoms with van der Waals surface area (Å²) in [7, 11) is 2.08. The average Bonchev–Trinajstić information content (AvgIpc) is 2.67. The van der Waals surface area contributed by atoms with Gasteiger partial charge in [0, 0.05) is 13.1 Å². The lowest BCUT2D eigenvalue weighted by atomic mass is 9.68. The molecule has 0 aromatic heterocycles. The van der Waals surface area contributed by atoms with Gasteiger partial charge in [-0.3, -0.25) is 0 Å². The van der Waals surface area contributed by atoms with Crippen LogP contribution in [-0.2, 0) is 0 Å². The van der Waals surface area contributed by atoms with E-state index in [1.54, 1.807) is 0 Å². The molecule has 0 unspecified atom stereocenters. The maximum atomic E-state index is 3.71. The van der Waals surface area contributed by atoms with Crippen molar-refractivity contribution in [2.24, 2.45) is 11.3 Å². The third-order valence-corrected chi connectivity index (χ3v) is 4.37. The summed E-state index contributed by atoms with van der Waals surface area (Å²) < 4.78 is 0. The average molecular weight is 210 g/mol. The van der Waals surface area contributed by atoms with Gasteiger partial charge in [-0.2, -0.15) is 0 Å². The highest BCUT2D eigenvalue weighted by Gasteiger charge is 2.35. The topological polar surface area (TPSA) is 24.1 Å². The van der Waals surface area contributed by atoms with Crippen LogP contribution in [-0.4, -0.2) is 26.7 Å². The summed E-state index contributed by atoms with van der Waals surface area (Å²) in [5.41, 5.74) is 0.605. The molecule has 0 aromatic rings. The predicted molar refractivity (Wildman–Crippen MR) is 65.0 cm³/mol. The molecular weight excluding hydrogens is 184 g/mol. The van der Waals surface area contributed by atoms with E-state index in [0.29, 0.717) is 5.41 Å². The van der Waals surface area contributed by atoms with Crippen LogP contribution in [0.25, 0.3) is 0 Å². The molecule has 0 heterocycles. The zero-order chi connectivity index (χ0) is 10.6. The molecule has 0 aromatic carbocycles. The predicted octanol–water partition coefficient (Wildman–Crippen LogP) is 2.16. The summed E-state index contributed by atoms with van der Waals surface area (Å²) in [5, 5.41) is 7.06. The van der Waals surface area contributed by atoms with Crippen molar-refractivity contribution in [1.29, 1.82) is 0 Å². The van der Waals surface area contributed by atoms with Crippen LogP contribution in [0.15, 0.2) is 0 Å². The lowest BCUT2D eigenvalue weighted by Crippen LogP contribution is -2.47. The maximum Gasteiger partial charge on any atom is 0.00201 e. The molecule has 2 saturated carbocycles. The Balaban J connectivity index is 1.63. The van der Waals surface area contributed by atoms with Crippen LogP contribution >= 0.6 is 0 Å². The van der Waals surface area contributed by atoms with Crippen molar-refractivity contribution >= 4 is 0 Å². The number of hydrogen-bond acceptors (Lipinski definition) is 2. The molecule has 0 saturated heterocycles. The van der Waals surface area contributed by atoms with Gasteiger partial charge in [0.2, 0.25) is 0 Å². The van der Waals surface area contributed by atoms with Gasteiger partial charge in [0.05, 0.1) is 0 Å². The maximum absolute atomic E-state index is 3.71. The van der Waals surface area contributed by atoms with E-state index in [4.69, 9.17) is 0 Å². The summed E-state index contributed by atoms with van der Waals surface area (Å²) >= 11 is 0. The minimum atomic E-state index is 0.605. The summed E-state index contributed by atoms with van der Waals surface area (Å²) in [6.45, 7) is 3.71. The van der Waals surface area contributed by atoms with Gasteiger partial charge >= 0.3 is 0 Å². The first-order chi connectivity index (χ1) is 7.35. The van der Waals surface area contributed by atoms with Crippen LogP contribution in [0, 0.1) is 11.3 Å². The molecule has 0 bridgehead atoms. The molecule has 0 atom stereocenters. The van der Waals surface area contributed by atoms with Gasteiger partial charge in [-0.25, -0.2) is 0 Å². The van der Waals surface area contributed by atoms with Gasteiger partial charge in [-0.15, -0.1) is 0 Å². The van der Waals surface area contributed by atoms with E-state index < -0.39 is 0 Å². The first-order valence-corrected chi connectivity index (χ1v) is 6.70. The smallest absolute Gasteiger partial charge is 0.00201 e. The molecular formula is C13H26N2. The molecule has 2 rings (SSSR count). The molecule has 88 valence electrons. The summed E-state index contributed by atoms with van der Waals surface area (Å²) in [6.07, 6.45) is 10.1. The molecule has 2 aliphatic rings. The van der Waals surface area contributed by atoms with Crippen molar-refractivity contribution in [1.82, 2.24) is 10.6 Å². The fourth-order valence-corrected chi connectivity index (χ4v) is 3.22. The Bertz CT molecular complexity index is 181. The largest absolute Gasteiger partial charge is 0.319 e. The Kier molecular flexibility index (Phi) is 4.04. The molecule has 0 radical (unpaired) electrons. The van der Waals surface area contributed by atoms with Crippen molar-refractivity contribution < 1.29 is 0 Å². The van der Waals surface area contributed by atoms with E-state index >= 15 is 0 Å². The van der Waals surface area contributed by atoms with Crippen molar-refractivity contribution in [3.63, 3.8) is 0 Å². The van der Waals surface area contributed by atoms with Gasteiger partial charge in [-0.05, 0) is 50.6 Å². The van der Waals surface area contributed by atoms with Gasteiger partial charge in [-0.1, -0.05) is 19.3 Å². The number of nitrogens with one attached hydrogen (secondary N) is 2. The minimum absolute atomic E-state index is 0.605. The Hall–Kier alpha value is -0.0800. The summed E-state index contributed by atoms with van der Waals surface area (Å²) in [5.74, 6) is 0.983. The lowest BCUT2D eigenvalue weighted by Gasteiger charge is -2.42. The van der Waals surface area contributed by atoms with E-state index in [1.165, 1.54) is 64.6 Å². The number of hydrogen-bond donors (Lipinski definition) is 2. The first-order valence-electron chi connectivity index (χ1n) is 6.70. The third-order valence-electron chi connectivity index (χ3n) is 4.37. The zero-order valence-electron chi connectivity index (χ0n) is 10.1. The van der Waals surface area contributed by atoms with Crippen LogP contribution in [0.2, 0.25) is 0 Å². The van der Waals surface area contributed by atoms with Crippen LogP contribution in [0.3, 0.4) is 0 Å². The molecule has 0 amide bonds. The van der Waals surface area contributed by atoms with Crippen molar-refractivity contribution in [2.45, 2.75) is 44.9 Å². The summed E-state index contributed by atoms with van der Waals surface area (Å²) in [6, 6.07) is 0. The zero-order valence-corrected chi connectivity index (χ0v) is 10.1. The fourth-order valence-electron chi connectivity index (χ4n) is 3.22. The van der Waals surface area contributed by atoms with Crippen molar-refractivity contribution in [3.05, 3.63) is 0 Å². The highest BCUT2D eigenvalue weighted by molar-refractivity contribution is 4.91. The summed E-state index contributed by atoms with van der Waals surface area (Å²) in [4.78, 5) is 0. The SMILES string of the molecule is CNCC1(CNCC2CCCC2)CCC1. The standard InChI is InChI=1S/C13H26N2/c1-14-10-13(7-4-8-13)11-15-9-12-5-2-3-6-12/h12,14-15H,2-11H2,1H3. The van der Waals surface area contributed by atoms with E-state index in [1.807, 2.05) is 0 Å².